The second-order valence-electron chi connectivity index (χ2n) is 6.10. The third-order valence-electron chi connectivity index (χ3n) is 4.09. The monoisotopic (exact) mass is 375 g/mol. The molecular formula is C20H25NO4S. The maximum Gasteiger partial charge on any atom is 0.331 e. The number of thiophene rings is 1. The summed E-state index contributed by atoms with van der Waals surface area (Å²) in [5.41, 5.74) is 2.51. The van der Waals surface area contributed by atoms with Crippen LogP contribution in [0.3, 0.4) is 0 Å². The number of aromatic nitrogens is 1. The van der Waals surface area contributed by atoms with Crippen LogP contribution in [0.5, 0.6) is 0 Å². The van der Waals surface area contributed by atoms with Crippen LogP contribution in [0, 0.1) is 20.8 Å². The molecule has 26 heavy (non-hydrogen) atoms. The number of ether oxygens (including phenoxy) is 2. The van der Waals surface area contributed by atoms with E-state index in [1.807, 2.05) is 39.0 Å². The molecule has 6 heteroatoms. The highest BCUT2D eigenvalue weighted by Gasteiger charge is 2.16. The van der Waals surface area contributed by atoms with Crippen molar-refractivity contribution in [3.63, 3.8) is 0 Å². The van der Waals surface area contributed by atoms with Gasteiger partial charge in [0.2, 0.25) is 5.78 Å². The summed E-state index contributed by atoms with van der Waals surface area (Å²) in [6.07, 6.45) is 3.93. The van der Waals surface area contributed by atoms with Crippen molar-refractivity contribution in [1.29, 1.82) is 0 Å². The Morgan fingerprint density at radius 1 is 1.23 bits per heavy atom. The Bertz CT molecular complexity index is 801. The average Bonchev–Trinajstić information content (AvgIpc) is 3.15. The molecule has 0 bridgehead atoms. The zero-order chi connectivity index (χ0) is 19.1. The minimum Gasteiger partial charge on any atom is -0.454 e. The molecule has 0 aliphatic heterocycles. The number of ketones is 1. The SMILES string of the molecule is COCCCn1c(C)cc(C(=O)COC(=O)/C=C/c2ccc(C)s2)c1C. The van der Waals surface area contributed by atoms with Gasteiger partial charge in [-0.05, 0) is 51.5 Å². The molecule has 0 saturated carbocycles. The van der Waals surface area contributed by atoms with Crippen LogP contribution in [0.25, 0.3) is 6.08 Å². The maximum absolute atomic E-state index is 12.4. The Morgan fingerprint density at radius 3 is 2.65 bits per heavy atom. The van der Waals surface area contributed by atoms with Gasteiger partial charge in [0, 0.05) is 53.0 Å². The van der Waals surface area contributed by atoms with Crippen LogP contribution < -0.4 is 0 Å². The first-order valence-corrected chi connectivity index (χ1v) is 9.34. The lowest BCUT2D eigenvalue weighted by molar-refractivity contribution is -0.136. The highest BCUT2D eigenvalue weighted by molar-refractivity contribution is 7.12. The molecule has 0 amide bonds. The highest BCUT2D eigenvalue weighted by Crippen LogP contribution is 2.17. The fourth-order valence-corrected chi connectivity index (χ4v) is 3.53. The van der Waals surface area contributed by atoms with Crippen molar-refractivity contribution in [2.45, 2.75) is 33.7 Å². The van der Waals surface area contributed by atoms with E-state index in [4.69, 9.17) is 9.47 Å². The molecule has 0 aromatic carbocycles. The van der Waals surface area contributed by atoms with E-state index >= 15 is 0 Å². The van der Waals surface area contributed by atoms with Gasteiger partial charge in [-0.1, -0.05) is 0 Å². The molecule has 140 valence electrons. The Hall–Kier alpha value is -2.18. The van der Waals surface area contributed by atoms with Crippen molar-refractivity contribution in [2.75, 3.05) is 20.3 Å². The van der Waals surface area contributed by atoms with Gasteiger partial charge in [0.15, 0.2) is 6.61 Å². The second kappa shape index (κ2) is 9.50. The number of hydrogen-bond acceptors (Lipinski definition) is 5. The highest BCUT2D eigenvalue weighted by atomic mass is 32.1. The van der Waals surface area contributed by atoms with Crippen molar-refractivity contribution in [2.24, 2.45) is 0 Å². The average molecular weight is 375 g/mol. The largest absolute Gasteiger partial charge is 0.454 e. The number of nitrogens with zero attached hydrogens (tertiary/aromatic N) is 1. The van der Waals surface area contributed by atoms with Crippen molar-refractivity contribution >= 4 is 29.2 Å². The summed E-state index contributed by atoms with van der Waals surface area (Å²) in [6.45, 7) is 7.09. The fraction of sp³-hybridized carbons (Fsp3) is 0.400. The molecule has 0 N–H and O–H groups in total. The van der Waals surface area contributed by atoms with Gasteiger partial charge < -0.3 is 14.0 Å². The molecule has 2 aromatic heterocycles. The van der Waals surface area contributed by atoms with Gasteiger partial charge in [-0.15, -0.1) is 11.3 Å². The van der Waals surface area contributed by atoms with E-state index in [9.17, 15) is 9.59 Å². The molecule has 0 aliphatic carbocycles. The third-order valence-corrected chi connectivity index (χ3v) is 5.06. The van der Waals surface area contributed by atoms with Crippen molar-refractivity contribution in [3.05, 3.63) is 51.0 Å². The van der Waals surface area contributed by atoms with Gasteiger partial charge in [-0.3, -0.25) is 4.79 Å². The molecule has 0 saturated heterocycles. The summed E-state index contributed by atoms with van der Waals surface area (Å²) in [6, 6.07) is 5.78. The first-order chi connectivity index (χ1) is 12.4. The minimum atomic E-state index is -0.515. The van der Waals surface area contributed by atoms with Gasteiger partial charge in [-0.2, -0.15) is 0 Å². The predicted molar refractivity (Wildman–Crippen MR) is 104 cm³/mol. The normalized spacial score (nSPS) is 11.2. The third kappa shape index (κ3) is 5.41. The van der Waals surface area contributed by atoms with Gasteiger partial charge in [0.05, 0.1) is 0 Å². The van der Waals surface area contributed by atoms with E-state index in [0.717, 1.165) is 29.2 Å². The zero-order valence-electron chi connectivity index (χ0n) is 15.7. The standard InChI is InChI=1S/C20H25NO4S/c1-14-12-18(16(3)21(14)10-5-11-24-4)19(22)13-25-20(23)9-8-17-7-6-15(2)26-17/h6-9,12H,5,10-11,13H2,1-4H3/b9-8+. The molecule has 5 nitrogen and oxygen atoms in total. The van der Waals surface area contributed by atoms with E-state index in [1.54, 1.807) is 24.5 Å². The van der Waals surface area contributed by atoms with Crippen LogP contribution in [-0.4, -0.2) is 36.6 Å². The lowest BCUT2D eigenvalue weighted by Gasteiger charge is -2.09. The molecule has 2 heterocycles. The molecule has 0 atom stereocenters. The lowest BCUT2D eigenvalue weighted by Crippen LogP contribution is -2.14. The summed E-state index contributed by atoms with van der Waals surface area (Å²) in [5.74, 6) is -0.705. The summed E-state index contributed by atoms with van der Waals surface area (Å²) < 4.78 is 12.3. The van der Waals surface area contributed by atoms with Crippen LogP contribution in [0.1, 0.15) is 37.9 Å². The quantitative estimate of drug-likeness (QED) is 0.288. The van der Waals surface area contributed by atoms with Gasteiger partial charge >= 0.3 is 5.97 Å². The molecule has 0 spiro atoms. The summed E-state index contributed by atoms with van der Waals surface area (Å²) in [7, 11) is 1.67. The van der Waals surface area contributed by atoms with Crippen LogP contribution in [0.4, 0.5) is 0 Å². The Morgan fingerprint density at radius 2 is 2.00 bits per heavy atom. The van der Waals surface area contributed by atoms with Crippen molar-refractivity contribution in [1.82, 2.24) is 4.57 Å². The first kappa shape index (κ1) is 20.1. The van der Waals surface area contributed by atoms with E-state index in [-0.39, 0.29) is 12.4 Å². The number of Topliss-reactive ketones (excluding diaryl/α,β-unsaturated/α-hetero) is 1. The summed E-state index contributed by atoms with van der Waals surface area (Å²) in [5, 5.41) is 0. The molecule has 0 aliphatic rings. The molecule has 0 fully saturated rings. The van der Waals surface area contributed by atoms with Crippen LogP contribution in [0.2, 0.25) is 0 Å². The number of aryl methyl sites for hydroxylation is 2. The second-order valence-corrected chi connectivity index (χ2v) is 7.41. The van der Waals surface area contributed by atoms with E-state index in [1.165, 1.54) is 11.0 Å². The van der Waals surface area contributed by atoms with Gasteiger partial charge in [0.25, 0.3) is 0 Å². The number of carbonyl (C=O) groups excluding carboxylic acids is 2. The molecular weight excluding hydrogens is 350 g/mol. The molecule has 2 aromatic rings. The van der Waals surface area contributed by atoms with Crippen LogP contribution >= 0.6 is 11.3 Å². The maximum atomic E-state index is 12.4. The number of hydrogen-bond donors (Lipinski definition) is 0. The fourth-order valence-electron chi connectivity index (χ4n) is 2.75. The van der Waals surface area contributed by atoms with E-state index in [2.05, 4.69) is 4.57 Å². The van der Waals surface area contributed by atoms with Crippen molar-refractivity contribution in [3.8, 4) is 0 Å². The molecule has 2 rings (SSSR count). The van der Waals surface area contributed by atoms with Crippen LogP contribution in [-0.2, 0) is 20.8 Å². The number of rotatable bonds is 9. The topological polar surface area (TPSA) is 57.5 Å². The summed E-state index contributed by atoms with van der Waals surface area (Å²) >= 11 is 1.59. The Balaban J connectivity index is 1.92. The van der Waals surface area contributed by atoms with Gasteiger partial charge in [0.1, 0.15) is 0 Å². The zero-order valence-corrected chi connectivity index (χ0v) is 16.5. The van der Waals surface area contributed by atoms with Crippen molar-refractivity contribution < 1.29 is 19.1 Å². The molecule has 0 unspecified atom stereocenters. The Labute approximate surface area is 158 Å². The first-order valence-electron chi connectivity index (χ1n) is 8.52. The Kier molecular flexibility index (Phi) is 7.36. The predicted octanol–water partition coefficient (Wildman–Crippen LogP) is 3.95. The lowest BCUT2D eigenvalue weighted by atomic mass is 10.1. The number of carbonyl (C=O) groups is 2. The number of esters is 1. The van der Waals surface area contributed by atoms with Gasteiger partial charge in [-0.25, -0.2) is 4.79 Å². The minimum absolute atomic E-state index is 0.190. The van der Waals surface area contributed by atoms with E-state index in [0.29, 0.717) is 12.2 Å². The number of methoxy groups -OCH3 is 1. The summed E-state index contributed by atoms with van der Waals surface area (Å²) in [4.78, 5) is 26.4. The smallest absolute Gasteiger partial charge is 0.331 e. The van der Waals surface area contributed by atoms with Crippen LogP contribution in [0.15, 0.2) is 24.3 Å². The molecule has 0 radical (unpaired) electrons. The van der Waals surface area contributed by atoms with E-state index < -0.39 is 5.97 Å².